The monoisotopic (exact) mass is 569 g/mol. The number of H-pyrrole nitrogens is 1. The molecule has 2 aliphatic heterocycles. The van der Waals surface area contributed by atoms with Crippen molar-refractivity contribution in [2.24, 2.45) is 0 Å². The lowest BCUT2D eigenvalue weighted by atomic mass is 9.87. The smallest absolute Gasteiger partial charge is 0.294 e. The fourth-order valence-electron chi connectivity index (χ4n) is 5.98. The lowest BCUT2D eigenvalue weighted by Crippen LogP contribution is -2.46. The van der Waals surface area contributed by atoms with Crippen molar-refractivity contribution in [3.05, 3.63) is 77.2 Å². The van der Waals surface area contributed by atoms with Crippen molar-refractivity contribution in [1.82, 2.24) is 39.7 Å². The molecular formula is C27H24BrN9O. The molecule has 2 saturated heterocycles. The van der Waals surface area contributed by atoms with Gasteiger partial charge in [-0.25, -0.2) is 9.97 Å². The Hall–Kier alpha value is -4.12. The largest absolute Gasteiger partial charge is 0.383 e. The van der Waals surface area contributed by atoms with E-state index >= 15 is 0 Å². The van der Waals surface area contributed by atoms with Crippen LogP contribution in [0.25, 0.3) is 28.0 Å². The quantitative estimate of drug-likeness (QED) is 0.326. The predicted octanol–water partition coefficient (Wildman–Crippen LogP) is 4.47. The summed E-state index contributed by atoms with van der Waals surface area (Å²) in [6.07, 6.45) is 8.63. The molecule has 2 bridgehead atoms. The number of piperidine rings is 1. The molecule has 38 heavy (non-hydrogen) atoms. The Balaban J connectivity index is 1.22. The van der Waals surface area contributed by atoms with Gasteiger partial charge >= 0.3 is 0 Å². The number of nitrogens with two attached hydrogens (primary N) is 1. The number of pyridine rings is 1. The standard InChI is InChI=1S/C27H24BrN9O/c28-22-23(17-10-18-7-8-19(11-17)36(18)27(38)25-31-14-32-35-25)34-26-20(13-33-37(26)24(22)29)16-6-9-21(30-12-16)15-4-2-1-3-5-15/h1-6,9,12-14,17-19H,7-8,10-11,29H2,(H,31,32,35)/t17-,18-,19+. The summed E-state index contributed by atoms with van der Waals surface area (Å²) in [5, 5.41) is 11.2. The van der Waals surface area contributed by atoms with Crippen molar-refractivity contribution >= 4 is 33.3 Å². The van der Waals surface area contributed by atoms with E-state index in [9.17, 15) is 4.79 Å². The van der Waals surface area contributed by atoms with Crippen molar-refractivity contribution in [2.45, 2.75) is 43.7 Å². The van der Waals surface area contributed by atoms with Crippen molar-refractivity contribution in [3.8, 4) is 22.4 Å². The number of carbonyl (C=O) groups excluding carboxylic acids is 1. The number of rotatable bonds is 4. The Morgan fingerprint density at radius 2 is 1.79 bits per heavy atom. The predicted molar refractivity (Wildman–Crippen MR) is 145 cm³/mol. The maximum atomic E-state index is 13.1. The Labute approximate surface area is 226 Å². The molecule has 5 aromatic rings. The molecule has 2 fully saturated rings. The summed E-state index contributed by atoms with van der Waals surface area (Å²) < 4.78 is 2.43. The van der Waals surface area contributed by atoms with Gasteiger partial charge in [-0.1, -0.05) is 36.4 Å². The number of nitrogens with zero attached hydrogens (tertiary/aromatic N) is 7. The molecule has 190 valence electrons. The summed E-state index contributed by atoms with van der Waals surface area (Å²) in [6, 6.07) is 14.4. The van der Waals surface area contributed by atoms with Gasteiger partial charge in [-0.15, -0.1) is 5.10 Å². The topological polar surface area (TPSA) is 131 Å². The Morgan fingerprint density at radius 3 is 2.47 bits per heavy atom. The fraction of sp³-hybridized carbons (Fsp3) is 0.259. The van der Waals surface area contributed by atoms with Gasteiger partial charge in [0.2, 0.25) is 5.82 Å². The molecule has 1 aromatic carbocycles. The highest BCUT2D eigenvalue weighted by atomic mass is 79.9. The van der Waals surface area contributed by atoms with Gasteiger partial charge in [-0.2, -0.15) is 9.61 Å². The van der Waals surface area contributed by atoms with Crippen LogP contribution in [0.3, 0.4) is 0 Å². The van der Waals surface area contributed by atoms with E-state index in [-0.39, 0.29) is 29.7 Å². The zero-order valence-corrected chi connectivity index (χ0v) is 21.9. The second-order valence-electron chi connectivity index (χ2n) is 9.88. The number of benzene rings is 1. The van der Waals surface area contributed by atoms with Crippen LogP contribution in [-0.4, -0.2) is 57.7 Å². The van der Waals surface area contributed by atoms with Crippen LogP contribution in [0.4, 0.5) is 5.82 Å². The average Bonchev–Trinajstić information content (AvgIpc) is 3.69. The maximum absolute atomic E-state index is 13.1. The van der Waals surface area contributed by atoms with Crippen molar-refractivity contribution in [2.75, 3.05) is 5.73 Å². The van der Waals surface area contributed by atoms with Gasteiger partial charge in [-0.3, -0.25) is 14.9 Å². The number of amides is 1. The average molecular weight is 570 g/mol. The third kappa shape index (κ3) is 3.68. The van der Waals surface area contributed by atoms with Crippen LogP contribution in [0.2, 0.25) is 0 Å². The lowest BCUT2D eigenvalue weighted by molar-refractivity contribution is 0.0557. The van der Waals surface area contributed by atoms with E-state index in [1.165, 1.54) is 6.33 Å². The third-order valence-corrected chi connectivity index (χ3v) is 8.57. The van der Waals surface area contributed by atoms with Crippen LogP contribution in [-0.2, 0) is 0 Å². The van der Waals surface area contributed by atoms with Crippen molar-refractivity contribution in [3.63, 3.8) is 0 Å². The van der Waals surface area contributed by atoms with Crippen LogP contribution >= 0.6 is 15.9 Å². The number of carbonyl (C=O) groups is 1. The molecule has 7 rings (SSSR count). The molecule has 11 heteroatoms. The van der Waals surface area contributed by atoms with Crippen LogP contribution in [0.5, 0.6) is 0 Å². The summed E-state index contributed by atoms with van der Waals surface area (Å²) in [4.78, 5) is 28.9. The van der Waals surface area contributed by atoms with E-state index in [4.69, 9.17) is 10.7 Å². The van der Waals surface area contributed by atoms with E-state index in [1.807, 2.05) is 53.6 Å². The summed E-state index contributed by atoms with van der Waals surface area (Å²) in [5.41, 5.74) is 11.9. The maximum Gasteiger partial charge on any atom is 0.294 e. The number of aromatic nitrogens is 7. The molecule has 0 saturated carbocycles. The molecule has 10 nitrogen and oxygen atoms in total. The zero-order valence-electron chi connectivity index (χ0n) is 20.3. The number of nitrogen functional groups attached to an aromatic ring is 1. The van der Waals surface area contributed by atoms with Crippen LogP contribution in [0.1, 0.15) is 47.9 Å². The Kier molecular flexibility index (Phi) is 5.46. The first kappa shape index (κ1) is 23.0. The van der Waals surface area contributed by atoms with Gasteiger partial charge in [0.25, 0.3) is 5.91 Å². The van der Waals surface area contributed by atoms with Gasteiger partial charge in [0.15, 0.2) is 5.65 Å². The van der Waals surface area contributed by atoms with E-state index in [1.54, 1.807) is 10.7 Å². The number of hydrogen-bond acceptors (Lipinski definition) is 7. The molecule has 6 heterocycles. The SMILES string of the molecule is Nc1c(Br)c([C@@H]2C[C@H]3CC[C@@H](C2)N3C(=O)c2nc[nH]n2)nc2c(-c3ccc(-c4ccccc4)nc3)cnn12. The number of anilines is 1. The minimum atomic E-state index is -0.108. The molecule has 0 spiro atoms. The van der Waals surface area contributed by atoms with Gasteiger partial charge in [0.05, 0.1) is 22.1 Å². The van der Waals surface area contributed by atoms with Crippen LogP contribution < -0.4 is 5.73 Å². The number of nitrogens with one attached hydrogen (secondary N) is 1. The number of halogens is 1. The summed E-state index contributed by atoms with van der Waals surface area (Å²) in [5.74, 6) is 0.785. The number of hydrogen-bond donors (Lipinski definition) is 2. The van der Waals surface area contributed by atoms with E-state index < -0.39 is 0 Å². The van der Waals surface area contributed by atoms with E-state index in [0.717, 1.165) is 58.2 Å². The zero-order chi connectivity index (χ0) is 25.8. The van der Waals surface area contributed by atoms with Gasteiger partial charge in [0, 0.05) is 40.9 Å². The van der Waals surface area contributed by atoms with Gasteiger partial charge in [-0.05, 0) is 47.7 Å². The molecule has 0 unspecified atom stereocenters. The van der Waals surface area contributed by atoms with Crippen LogP contribution in [0, 0.1) is 0 Å². The second-order valence-corrected chi connectivity index (χ2v) is 10.7. The molecule has 0 radical (unpaired) electrons. The molecular weight excluding hydrogens is 546 g/mol. The normalized spacial score (nSPS) is 20.8. The lowest BCUT2D eigenvalue weighted by Gasteiger charge is -2.38. The highest BCUT2D eigenvalue weighted by Gasteiger charge is 2.45. The first-order valence-electron chi connectivity index (χ1n) is 12.6. The minimum Gasteiger partial charge on any atom is -0.383 e. The summed E-state index contributed by atoms with van der Waals surface area (Å²) in [7, 11) is 0. The Morgan fingerprint density at radius 1 is 1.00 bits per heavy atom. The first-order valence-corrected chi connectivity index (χ1v) is 13.4. The first-order chi connectivity index (χ1) is 18.6. The van der Waals surface area contributed by atoms with Gasteiger partial charge < -0.3 is 10.6 Å². The molecule has 2 aliphatic rings. The van der Waals surface area contributed by atoms with Gasteiger partial charge in [0.1, 0.15) is 12.1 Å². The Bertz CT molecular complexity index is 1620. The molecule has 4 aromatic heterocycles. The number of aromatic amines is 1. The van der Waals surface area contributed by atoms with E-state index in [2.05, 4.69) is 41.2 Å². The van der Waals surface area contributed by atoms with Crippen molar-refractivity contribution < 1.29 is 4.79 Å². The fourth-order valence-corrected chi connectivity index (χ4v) is 6.56. The number of fused-ring (bicyclic) bond motifs is 3. The highest BCUT2D eigenvalue weighted by molar-refractivity contribution is 9.10. The summed E-state index contributed by atoms with van der Waals surface area (Å²) in [6.45, 7) is 0. The highest BCUT2D eigenvalue weighted by Crippen LogP contribution is 2.45. The summed E-state index contributed by atoms with van der Waals surface area (Å²) >= 11 is 3.71. The molecule has 0 aliphatic carbocycles. The van der Waals surface area contributed by atoms with E-state index in [0.29, 0.717) is 11.5 Å². The van der Waals surface area contributed by atoms with Crippen LogP contribution in [0.15, 0.2) is 65.7 Å². The molecule has 3 N–H and O–H groups in total. The second kappa shape index (κ2) is 9.02. The van der Waals surface area contributed by atoms with Crippen molar-refractivity contribution in [1.29, 1.82) is 0 Å². The minimum absolute atomic E-state index is 0.108. The molecule has 1 amide bonds. The third-order valence-electron chi connectivity index (χ3n) is 7.75. The molecule has 3 atom stereocenters.